The van der Waals surface area contributed by atoms with Crippen LogP contribution in [0.4, 0.5) is 0 Å². The predicted octanol–water partition coefficient (Wildman–Crippen LogP) is 1.59. The van der Waals surface area contributed by atoms with Crippen LogP contribution >= 0.6 is 0 Å². The van der Waals surface area contributed by atoms with E-state index in [1.807, 2.05) is 0 Å². The van der Waals surface area contributed by atoms with Gasteiger partial charge < -0.3 is 5.32 Å². The third kappa shape index (κ3) is 2.72. The molecule has 0 radical (unpaired) electrons. The zero-order chi connectivity index (χ0) is 11.9. The zero-order valence-corrected chi connectivity index (χ0v) is 11.2. The van der Waals surface area contributed by atoms with Crippen molar-refractivity contribution in [3.05, 3.63) is 0 Å². The average molecular weight is 233 g/mol. The maximum absolute atomic E-state index is 11.8. The summed E-state index contributed by atoms with van der Waals surface area (Å²) in [6.45, 7) is 8.84. The van der Waals surface area contributed by atoms with Gasteiger partial charge in [-0.3, -0.25) is 0 Å². The highest BCUT2D eigenvalue weighted by Gasteiger charge is 2.60. The molecule has 0 spiro atoms. The summed E-state index contributed by atoms with van der Waals surface area (Å²) in [7, 11) is -2.94. The van der Waals surface area contributed by atoms with E-state index in [-0.39, 0.29) is 5.54 Å². The Morgan fingerprint density at radius 2 is 1.93 bits per heavy atom. The standard InChI is InChI=1S/C11H23NO2S/c1-6-9-7-11(9,15(5,13)14)8-12-10(2,3)4/h9,12H,6-8H2,1-5H3. The van der Waals surface area contributed by atoms with Crippen molar-refractivity contribution in [3.8, 4) is 0 Å². The fourth-order valence-corrected chi connectivity index (χ4v) is 3.70. The first-order chi connectivity index (χ1) is 6.62. The first kappa shape index (κ1) is 13.0. The third-order valence-corrected chi connectivity index (χ3v) is 5.45. The summed E-state index contributed by atoms with van der Waals surface area (Å²) in [5.74, 6) is 0.349. The normalized spacial score (nSPS) is 31.7. The van der Waals surface area contributed by atoms with Crippen molar-refractivity contribution < 1.29 is 8.42 Å². The second kappa shape index (κ2) is 3.74. The minimum Gasteiger partial charge on any atom is -0.310 e. The molecular weight excluding hydrogens is 210 g/mol. The van der Waals surface area contributed by atoms with Crippen LogP contribution in [0.15, 0.2) is 0 Å². The van der Waals surface area contributed by atoms with Gasteiger partial charge in [-0.15, -0.1) is 0 Å². The van der Waals surface area contributed by atoms with E-state index in [1.165, 1.54) is 6.26 Å². The summed E-state index contributed by atoms with van der Waals surface area (Å²) >= 11 is 0. The molecule has 3 nitrogen and oxygen atoms in total. The fraction of sp³-hybridized carbons (Fsp3) is 1.00. The van der Waals surface area contributed by atoms with E-state index in [1.54, 1.807) is 0 Å². The number of hydrogen-bond donors (Lipinski definition) is 1. The molecule has 90 valence electrons. The molecule has 2 atom stereocenters. The summed E-state index contributed by atoms with van der Waals surface area (Å²) in [6.07, 6.45) is 3.15. The Kier molecular flexibility index (Phi) is 3.23. The molecule has 1 fully saturated rings. The number of hydrogen-bond acceptors (Lipinski definition) is 3. The molecule has 2 unspecified atom stereocenters. The van der Waals surface area contributed by atoms with Crippen molar-refractivity contribution in [2.24, 2.45) is 5.92 Å². The van der Waals surface area contributed by atoms with E-state index in [2.05, 4.69) is 33.0 Å². The molecule has 0 aromatic heterocycles. The van der Waals surface area contributed by atoms with Crippen molar-refractivity contribution in [1.82, 2.24) is 5.32 Å². The molecule has 1 rings (SSSR count). The number of sulfone groups is 1. The first-order valence-electron chi connectivity index (χ1n) is 5.57. The van der Waals surface area contributed by atoms with Gasteiger partial charge >= 0.3 is 0 Å². The zero-order valence-electron chi connectivity index (χ0n) is 10.4. The Hall–Kier alpha value is -0.0900. The second-order valence-electron chi connectivity index (χ2n) is 5.75. The molecule has 15 heavy (non-hydrogen) atoms. The van der Waals surface area contributed by atoms with Gasteiger partial charge in [-0.25, -0.2) is 8.42 Å². The molecule has 0 heterocycles. The van der Waals surface area contributed by atoms with Crippen molar-refractivity contribution in [3.63, 3.8) is 0 Å². The van der Waals surface area contributed by atoms with Gasteiger partial charge in [0.15, 0.2) is 9.84 Å². The Labute approximate surface area is 93.6 Å². The Morgan fingerprint density at radius 1 is 1.40 bits per heavy atom. The van der Waals surface area contributed by atoms with Crippen molar-refractivity contribution in [2.75, 3.05) is 12.8 Å². The van der Waals surface area contributed by atoms with Crippen LogP contribution in [0.2, 0.25) is 0 Å². The minimum atomic E-state index is -2.94. The van der Waals surface area contributed by atoms with Gasteiger partial charge in [0.2, 0.25) is 0 Å². The maximum Gasteiger partial charge on any atom is 0.154 e. The lowest BCUT2D eigenvalue weighted by Crippen LogP contribution is -2.45. The molecule has 1 N–H and O–H groups in total. The second-order valence-corrected chi connectivity index (χ2v) is 8.11. The van der Waals surface area contributed by atoms with Gasteiger partial charge in [0.25, 0.3) is 0 Å². The lowest BCUT2D eigenvalue weighted by molar-refractivity contribution is 0.411. The summed E-state index contributed by atoms with van der Waals surface area (Å²) in [5.41, 5.74) is -0.0153. The van der Waals surface area contributed by atoms with Crippen molar-refractivity contribution in [2.45, 2.75) is 50.8 Å². The van der Waals surface area contributed by atoms with E-state index < -0.39 is 14.6 Å². The van der Waals surface area contributed by atoms with Gasteiger partial charge in [0, 0.05) is 18.3 Å². The highest BCUT2D eigenvalue weighted by molar-refractivity contribution is 7.92. The van der Waals surface area contributed by atoms with Gasteiger partial charge in [-0.05, 0) is 33.1 Å². The van der Waals surface area contributed by atoms with Crippen LogP contribution in [0.5, 0.6) is 0 Å². The van der Waals surface area contributed by atoms with Crippen LogP contribution in [0.3, 0.4) is 0 Å². The third-order valence-electron chi connectivity index (χ3n) is 3.33. The van der Waals surface area contributed by atoms with Gasteiger partial charge in [0.1, 0.15) is 0 Å². The van der Waals surface area contributed by atoms with Crippen molar-refractivity contribution in [1.29, 1.82) is 0 Å². The molecule has 1 saturated carbocycles. The Balaban J connectivity index is 2.72. The fourth-order valence-electron chi connectivity index (χ4n) is 2.09. The Morgan fingerprint density at radius 3 is 2.20 bits per heavy atom. The summed E-state index contributed by atoms with van der Waals surface area (Å²) in [6, 6.07) is 0. The minimum absolute atomic E-state index is 0.0153. The van der Waals surface area contributed by atoms with E-state index >= 15 is 0 Å². The van der Waals surface area contributed by atoms with Crippen molar-refractivity contribution >= 4 is 9.84 Å². The van der Waals surface area contributed by atoms with Crippen LogP contribution in [0.25, 0.3) is 0 Å². The predicted molar refractivity (Wildman–Crippen MR) is 63.7 cm³/mol. The summed E-state index contributed by atoms with van der Waals surface area (Å²) in [4.78, 5) is 0. The smallest absolute Gasteiger partial charge is 0.154 e. The first-order valence-corrected chi connectivity index (χ1v) is 7.46. The molecule has 0 aromatic carbocycles. The van der Waals surface area contributed by atoms with Crippen LogP contribution < -0.4 is 5.32 Å². The molecule has 1 aliphatic carbocycles. The van der Waals surface area contributed by atoms with E-state index in [0.29, 0.717) is 12.5 Å². The molecule has 0 aliphatic heterocycles. The molecule has 0 amide bonds. The maximum atomic E-state index is 11.8. The van der Waals surface area contributed by atoms with E-state index in [9.17, 15) is 8.42 Å². The van der Waals surface area contributed by atoms with Crippen LogP contribution in [0.1, 0.15) is 40.5 Å². The van der Waals surface area contributed by atoms with Crippen LogP contribution in [0, 0.1) is 5.92 Å². The Bertz CT molecular complexity index is 329. The molecule has 0 saturated heterocycles. The SMILES string of the molecule is CCC1CC1(CNC(C)(C)C)S(C)(=O)=O. The summed E-state index contributed by atoms with van der Waals surface area (Å²) < 4.78 is 23.0. The average Bonchev–Trinajstić information content (AvgIpc) is 2.73. The van der Waals surface area contributed by atoms with Gasteiger partial charge in [-0.2, -0.15) is 0 Å². The number of nitrogens with one attached hydrogen (secondary N) is 1. The van der Waals surface area contributed by atoms with Crippen LogP contribution in [-0.4, -0.2) is 31.5 Å². The molecule has 0 aromatic rings. The monoisotopic (exact) mass is 233 g/mol. The molecule has 1 aliphatic rings. The molecule has 0 bridgehead atoms. The van der Waals surface area contributed by atoms with Gasteiger partial charge in [-0.1, -0.05) is 13.3 Å². The largest absolute Gasteiger partial charge is 0.310 e. The van der Waals surface area contributed by atoms with E-state index in [4.69, 9.17) is 0 Å². The molecule has 4 heteroatoms. The number of rotatable bonds is 4. The molecular formula is C11H23NO2S. The summed E-state index contributed by atoms with van der Waals surface area (Å²) in [5, 5.41) is 3.32. The lowest BCUT2D eigenvalue weighted by atomic mass is 10.1. The highest BCUT2D eigenvalue weighted by Crippen LogP contribution is 2.51. The topological polar surface area (TPSA) is 46.2 Å². The van der Waals surface area contributed by atoms with Gasteiger partial charge in [0.05, 0.1) is 4.75 Å². The van der Waals surface area contributed by atoms with E-state index in [0.717, 1.165) is 12.8 Å². The lowest BCUT2D eigenvalue weighted by Gasteiger charge is -2.25. The van der Waals surface area contributed by atoms with Crippen LogP contribution in [-0.2, 0) is 9.84 Å². The quantitative estimate of drug-likeness (QED) is 0.802. The highest BCUT2D eigenvalue weighted by atomic mass is 32.2.